The van der Waals surface area contributed by atoms with E-state index in [1.165, 1.54) is 0 Å². The molecule has 6 atom stereocenters. The van der Waals surface area contributed by atoms with Crippen LogP contribution in [-0.2, 0) is 4.79 Å². The van der Waals surface area contributed by atoms with Crippen molar-refractivity contribution in [3.05, 3.63) is 0 Å². The third kappa shape index (κ3) is 2.99. The molecule has 5 heteroatoms. The van der Waals surface area contributed by atoms with Crippen LogP contribution in [0.3, 0.4) is 0 Å². The summed E-state index contributed by atoms with van der Waals surface area (Å²) in [6, 6.07) is 0. The molecule has 2 rings (SSSR count). The molecule has 3 nitrogen and oxygen atoms in total. The van der Waals surface area contributed by atoms with E-state index < -0.39 is 12.2 Å². The number of ketones is 1. The zero-order valence-corrected chi connectivity index (χ0v) is 13.6. The summed E-state index contributed by atoms with van der Waals surface area (Å²) < 4.78 is 0.364. The summed E-state index contributed by atoms with van der Waals surface area (Å²) in [6.07, 6.45) is 1.95. The van der Waals surface area contributed by atoms with Gasteiger partial charge in [-0.1, -0.05) is 20.8 Å². The molecule has 0 aromatic heterocycles. The van der Waals surface area contributed by atoms with Crippen molar-refractivity contribution >= 4 is 29.3 Å². The summed E-state index contributed by atoms with van der Waals surface area (Å²) in [7, 11) is 0. The highest BCUT2D eigenvalue weighted by Gasteiger charge is 2.52. The van der Waals surface area contributed by atoms with E-state index in [1.54, 1.807) is 23.5 Å². The Morgan fingerprint density at radius 1 is 1.16 bits per heavy atom. The highest BCUT2D eigenvalue weighted by atomic mass is 32.2. The number of hydrogen-bond donors (Lipinski definition) is 2. The van der Waals surface area contributed by atoms with Crippen LogP contribution in [0.4, 0.5) is 0 Å². The van der Waals surface area contributed by atoms with Crippen LogP contribution < -0.4 is 0 Å². The molecule has 1 saturated heterocycles. The van der Waals surface area contributed by atoms with Crippen LogP contribution in [0.1, 0.15) is 33.6 Å². The molecule has 19 heavy (non-hydrogen) atoms. The van der Waals surface area contributed by atoms with Crippen molar-refractivity contribution in [2.24, 2.45) is 17.3 Å². The van der Waals surface area contributed by atoms with Crippen LogP contribution in [0.2, 0.25) is 0 Å². The van der Waals surface area contributed by atoms with Crippen LogP contribution in [0.5, 0.6) is 0 Å². The van der Waals surface area contributed by atoms with Gasteiger partial charge in [0.15, 0.2) is 5.78 Å². The van der Waals surface area contributed by atoms with E-state index in [9.17, 15) is 15.0 Å². The van der Waals surface area contributed by atoms with Crippen LogP contribution in [0.25, 0.3) is 0 Å². The SMILES string of the molecule is CSC1SC(C(=O)C(C)(C)C)C2CC(O)C(O)CC12. The summed E-state index contributed by atoms with van der Waals surface area (Å²) in [5, 5.41) is 19.8. The molecule has 2 aliphatic rings. The second-order valence-electron chi connectivity index (χ2n) is 6.71. The Hall–Kier alpha value is 0.290. The van der Waals surface area contributed by atoms with Gasteiger partial charge in [-0.05, 0) is 30.9 Å². The predicted molar refractivity (Wildman–Crippen MR) is 81.4 cm³/mol. The fourth-order valence-electron chi connectivity index (χ4n) is 3.14. The number of hydrogen-bond acceptors (Lipinski definition) is 5. The highest BCUT2D eigenvalue weighted by molar-refractivity contribution is 8.17. The molecule has 2 N–H and O–H groups in total. The van der Waals surface area contributed by atoms with Gasteiger partial charge in [0, 0.05) is 5.41 Å². The van der Waals surface area contributed by atoms with Gasteiger partial charge in [-0.2, -0.15) is 11.8 Å². The lowest BCUT2D eigenvalue weighted by molar-refractivity contribution is -0.128. The molecule has 0 aromatic rings. The number of rotatable bonds is 2. The number of thioether (sulfide) groups is 2. The molecule has 0 spiro atoms. The molecular formula is C14H24O3S2. The van der Waals surface area contributed by atoms with Gasteiger partial charge in [0.05, 0.1) is 22.0 Å². The zero-order chi connectivity index (χ0) is 14.4. The van der Waals surface area contributed by atoms with Crippen LogP contribution >= 0.6 is 23.5 Å². The van der Waals surface area contributed by atoms with Crippen molar-refractivity contribution in [1.29, 1.82) is 0 Å². The first-order valence-electron chi connectivity index (χ1n) is 6.84. The van der Waals surface area contributed by atoms with Crippen LogP contribution in [0, 0.1) is 17.3 Å². The average molecular weight is 304 g/mol. The molecule has 1 aliphatic carbocycles. The molecular weight excluding hydrogens is 280 g/mol. The van der Waals surface area contributed by atoms with Gasteiger partial charge in [-0.25, -0.2) is 0 Å². The fourth-order valence-corrected chi connectivity index (χ4v) is 6.40. The molecule has 2 fully saturated rings. The van der Waals surface area contributed by atoms with E-state index in [1.807, 2.05) is 20.8 Å². The number of carbonyl (C=O) groups is 1. The van der Waals surface area contributed by atoms with Gasteiger partial charge < -0.3 is 10.2 Å². The smallest absolute Gasteiger partial charge is 0.151 e. The Labute approximate surface area is 123 Å². The largest absolute Gasteiger partial charge is 0.390 e. The van der Waals surface area contributed by atoms with E-state index in [2.05, 4.69) is 6.26 Å². The minimum absolute atomic E-state index is 0.0235. The molecule has 110 valence electrons. The Morgan fingerprint density at radius 2 is 1.68 bits per heavy atom. The summed E-state index contributed by atoms with van der Waals surface area (Å²) in [4.78, 5) is 12.6. The maximum Gasteiger partial charge on any atom is 0.151 e. The van der Waals surface area contributed by atoms with Crippen molar-refractivity contribution in [3.63, 3.8) is 0 Å². The lowest BCUT2D eigenvalue weighted by atomic mass is 9.72. The van der Waals surface area contributed by atoms with Crippen molar-refractivity contribution in [2.75, 3.05) is 6.26 Å². The average Bonchev–Trinajstić information content (AvgIpc) is 2.65. The Kier molecular flexibility index (Phi) is 4.61. The van der Waals surface area contributed by atoms with Gasteiger partial charge in [-0.15, -0.1) is 11.8 Å². The van der Waals surface area contributed by atoms with Gasteiger partial charge in [0.2, 0.25) is 0 Å². The van der Waals surface area contributed by atoms with Crippen LogP contribution in [-0.4, -0.2) is 44.3 Å². The van der Waals surface area contributed by atoms with E-state index in [0.29, 0.717) is 23.3 Å². The monoisotopic (exact) mass is 304 g/mol. The van der Waals surface area contributed by atoms with E-state index >= 15 is 0 Å². The molecule has 6 unspecified atom stereocenters. The second-order valence-corrected chi connectivity index (χ2v) is 9.27. The Bertz CT molecular complexity index is 353. The third-order valence-electron chi connectivity index (χ3n) is 4.27. The molecule has 0 aromatic carbocycles. The predicted octanol–water partition coefficient (Wildman–Crippen LogP) is 2.15. The second kappa shape index (κ2) is 5.58. The lowest BCUT2D eigenvalue weighted by Gasteiger charge is -2.36. The zero-order valence-electron chi connectivity index (χ0n) is 12.0. The van der Waals surface area contributed by atoms with Gasteiger partial charge >= 0.3 is 0 Å². The molecule has 0 bridgehead atoms. The van der Waals surface area contributed by atoms with Crippen LogP contribution in [0.15, 0.2) is 0 Å². The minimum Gasteiger partial charge on any atom is -0.390 e. The summed E-state index contributed by atoms with van der Waals surface area (Å²) in [5.41, 5.74) is -0.337. The van der Waals surface area contributed by atoms with E-state index in [0.717, 1.165) is 0 Å². The summed E-state index contributed by atoms with van der Waals surface area (Å²) in [5.74, 6) is 0.843. The Morgan fingerprint density at radius 3 is 2.16 bits per heavy atom. The van der Waals surface area contributed by atoms with Gasteiger partial charge in [0.1, 0.15) is 0 Å². The molecule has 0 radical (unpaired) electrons. The maximum absolute atomic E-state index is 12.6. The first kappa shape index (κ1) is 15.7. The molecule has 1 heterocycles. The fraction of sp³-hybridized carbons (Fsp3) is 0.929. The maximum atomic E-state index is 12.6. The number of aliphatic hydroxyl groups is 2. The van der Waals surface area contributed by atoms with Crippen molar-refractivity contribution in [1.82, 2.24) is 0 Å². The number of fused-ring (bicyclic) bond motifs is 1. The lowest BCUT2D eigenvalue weighted by Crippen LogP contribution is -2.44. The quantitative estimate of drug-likeness (QED) is 0.819. The van der Waals surface area contributed by atoms with Crippen molar-refractivity contribution < 1.29 is 15.0 Å². The summed E-state index contributed by atoms with van der Waals surface area (Å²) in [6.45, 7) is 5.89. The van der Waals surface area contributed by atoms with E-state index in [4.69, 9.17) is 0 Å². The minimum atomic E-state index is -0.669. The van der Waals surface area contributed by atoms with Gasteiger partial charge in [0.25, 0.3) is 0 Å². The third-order valence-corrected chi connectivity index (χ3v) is 7.47. The standard InChI is InChI=1S/C14H24O3S2/c1-14(2,3)12(17)11-7-5-9(15)10(16)6-8(7)13(18-4)19-11/h7-11,13,15-16H,5-6H2,1-4H3. The summed E-state index contributed by atoms with van der Waals surface area (Å²) >= 11 is 3.52. The molecule has 1 saturated carbocycles. The highest BCUT2D eigenvalue weighted by Crippen LogP contribution is 2.54. The molecule has 0 amide bonds. The Balaban J connectivity index is 2.21. The topological polar surface area (TPSA) is 57.5 Å². The van der Waals surface area contributed by atoms with Crippen molar-refractivity contribution in [3.8, 4) is 0 Å². The van der Waals surface area contributed by atoms with E-state index in [-0.39, 0.29) is 22.4 Å². The molecule has 1 aliphatic heterocycles. The van der Waals surface area contributed by atoms with Gasteiger partial charge in [-0.3, -0.25) is 4.79 Å². The number of aliphatic hydroxyl groups excluding tert-OH is 2. The number of carbonyl (C=O) groups excluding carboxylic acids is 1. The first-order chi connectivity index (χ1) is 8.75. The normalized spacial score (nSPS) is 43.1. The number of Topliss-reactive ketones (excluding diaryl/α,β-unsaturated/α-hetero) is 1. The van der Waals surface area contributed by atoms with Crippen molar-refractivity contribution in [2.45, 2.75) is 55.7 Å². The first-order valence-corrected chi connectivity index (χ1v) is 9.07.